The fourth-order valence-electron chi connectivity index (χ4n) is 3.69. The monoisotopic (exact) mass is 454 g/mol. The number of nitrogens with zero attached hydrogens (tertiary/aromatic N) is 1. The van der Waals surface area contributed by atoms with Gasteiger partial charge in [-0.15, -0.1) is 24.8 Å². The van der Waals surface area contributed by atoms with Crippen LogP contribution in [0.2, 0.25) is 0 Å². The first-order chi connectivity index (χ1) is 13.2. The molecule has 0 saturated heterocycles. The molecule has 5 nitrogen and oxygen atoms in total. The summed E-state index contributed by atoms with van der Waals surface area (Å²) in [4.78, 5) is 17.6. The van der Waals surface area contributed by atoms with Crippen molar-refractivity contribution in [1.82, 2.24) is 10.3 Å². The minimum atomic E-state index is -0.832. The Morgan fingerprint density at radius 3 is 2.33 bits per heavy atom. The molecule has 0 amide bonds. The Kier molecular flexibility index (Phi) is 9.30. The van der Waals surface area contributed by atoms with E-state index in [4.69, 9.17) is 14.5 Å². The minimum absolute atomic E-state index is 0. The summed E-state index contributed by atoms with van der Waals surface area (Å²) in [6, 6.07) is 8.40. The van der Waals surface area contributed by atoms with E-state index < -0.39 is 17.7 Å². The molecule has 1 aliphatic heterocycles. The fourth-order valence-corrected chi connectivity index (χ4v) is 3.69. The average molecular weight is 455 g/mol. The lowest BCUT2D eigenvalue weighted by molar-refractivity contribution is -0.164. The van der Waals surface area contributed by atoms with Gasteiger partial charge in [-0.05, 0) is 51.3 Å². The highest BCUT2D eigenvalue weighted by Crippen LogP contribution is 2.39. The van der Waals surface area contributed by atoms with Crippen molar-refractivity contribution in [1.29, 1.82) is 0 Å². The Labute approximate surface area is 191 Å². The summed E-state index contributed by atoms with van der Waals surface area (Å²) in [5, 5.41) is 3.44. The van der Waals surface area contributed by atoms with Crippen molar-refractivity contribution in [2.75, 3.05) is 13.7 Å². The third-order valence-electron chi connectivity index (χ3n) is 4.94. The number of carbonyl (C=O) groups is 1. The first-order valence-electron chi connectivity index (χ1n) is 9.77. The van der Waals surface area contributed by atoms with Gasteiger partial charge in [-0.25, -0.2) is 4.79 Å². The van der Waals surface area contributed by atoms with E-state index >= 15 is 0 Å². The molecule has 166 valence electrons. The average Bonchev–Trinajstić information content (AvgIpc) is 2.65. The molecule has 0 fully saturated rings. The maximum absolute atomic E-state index is 12.8. The van der Waals surface area contributed by atoms with Crippen molar-refractivity contribution < 1.29 is 14.3 Å². The van der Waals surface area contributed by atoms with Gasteiger partial charge in [0.05, 0.1) is 12.7 Å². The van der Waals surface area contributed by atoms with Gasteiger partial charge in [0, 0.05) is 36.5 Å². The number of rotatable bonds is 4. The number of pyridine rings is 1. The van der Waals surface area contributed by atoms with Crippen molar-refractivity contribution in [2.45, 2.75) is 59.3 Å². The second-order valence-electron chi connectivity index (χ2n) is 8.34. The molecule has 30 heavy (non-hydrogen) atoms. The molecule has 1 N–H and O–H groups in total. The number of aryl methyl sites for hydroxylation is 2. The third kappa shape index (κ3) is 5.73. The summed E-state index contributed by atoms with van der Waals surface area (Å²) in [7, 11) is 1.40. The van der Waals surface area contributed by atoms with Gasteiger partial charge in [-0.2, -0.15) is 0 Å². The number of methoxy groups -OCH3 is 1. The van der Waals surface area contributed by atoms with Gasteiger partial charge in [-0.3, -0.25) is 4.98 Å². The van der Waals surface area contributed by atoms with Crippen LogP contribution in [-0.4, -0.2) is 30.2 Å². The molecule has 1 atom stereocenters. The molecule has 0 spiro atoms. The van der Waals surface area contributed by atoms with Crippen LogP contribution in [0.15, 0.2) is 24.3 Å². The second-order valence-corrected chi connectivity index (χ2v) is 8.34. The summed E-state index contributed by atoms with van der Waals surface area (Å²) >= 11 is 0. The van der Waals surface area contributed by atoms with E-state index in [2.05, 4.69) is 36.5 Å². The Morgan fingerprint density at radius 1 is 1.13 bits per heavy atom. The number of halogens is 2. The lowest BCUT2D eigenvalue weighted by atomic mass is 9.87. The topological polar surface area (TPSA) is 60.5 Å². The number of carbonyl (C=O) groups excluding carboxylic acids is 1. The van der Waals surface area contributed by atoms with Crippen LogP contribution >= 0.6 is 24.8 Å². The quantitative estimate of drug-likeness (QED) is 0.666. The molecule has 0 aliphatic carbocycles. The van der Waals surface area contributed by atoms with Crippen molar-refractivity contribution in [3.05, 3.63) is 52.3 Å². The molecular formula is C23H32Cl2N2O3. The predicted octanol–water partition coefficient (Wildman–Crippen LogP) is 4.88. The molecule has 1 aliphatic rings. The molecular weight excluding hydrogens is 423 g/mol. The van der Waals surface area contributed by atoms with Gasteiger partial charge < -0.3 is 14.8 Å². The molecule has 3 rings (SSSR count). The smallest absolute Gasteiger partial charge is 0.339 e. The predicted molar refractivity (Wildman–Crippen MR) is 125 cm³/mol. The molecule has 1 unspecified atom stereocenters. The maximum atomic E-state index is 12.8. The van der Waals surface area contributed by atoms with Gasteiger partial charge in [0.15, 0.2) is 6.10 Å². The van der Waals surface area contributed by atoms with Crippen molar-refractivity contribution in [3.8, 4) is 11.1 Å². The zero-order valence-corrected chi connectivity index (χ0v) is 20.1. The lowest BCUT2D eigenvalue weighted by Gasteiger charge is -2.31. The van der Waals surface area contributed by atoms with Crippen LogP contribution < -0.4 is 5.32 Å². The second kappa shape index (κ2) is 10.6. The molecule has 1 aromatic heterocycles. The van der Waals surface area contributed by atoms with Crippen LogP contribution in [0, 0.1) is 13.8 Å². The summed E-state index contributed by atoms with van der Waals surface area (Å²) in [5.74, 6) is -0.406. The van der Waals surface area contributed by atoms with Gasteiger partial charge in [0.2, 0.25) is 0 Å². The van der Waals surface area contributed by atoms with Crippen LogP contribution in [0.25, 0.3) is 11.1 Å². The first kappa shape index (κ1) is 26.4. The van der Waals surface area contributed by atoms with E-state index in [1.807, 2.05) is 27.7 Å². The normalized spacial score (nSPS) is 14.1. The zero-order chi connectivity index (χ0) is 20.5. The maximum Gasteiger partial charge on any atom is 0.339 e. The Hall–Kier alpha value is -1.66. The van der Waals surface area contributed by atoms with E-state index in [1.165, 1.54) is 12.7 Å². The summed E-state index contributed by atoms with van der Waals surface area (Å²) in [6.07, 6.45) is 0.0410. The highest BCUT2D eigenvalue weighted by molar-refractivity contribution is 5.86. The van der Waals surface area contributed by atoms with E-state index in [-0.39, 0.29) is 24.8 Å². The molecule has 0 saturated carbocycles. The molecule has 1 aromatic carbocycles. The molecule has 0 radical (unpaired) electrons. The lowest BCUT2D eigenvalue weighted by Crippen LogP contribution is -2.31. The largest absolute Gasteiger partial charge is 0.467 e. The zero-order valence-electron chi connectivity index (χ0n) is 18.5. The Bertz CT molecular complexity index is 877. The van der Waals surface area contributed by atoms with Crippen LogP contribution in [0.1, 0.15) is 55.0 Å². The van der Waals surface area contributed by atoms with Gasteiger partial charge >= 0.3 is 5.97 Å². The summed E-state index contributed by atoms with van der Waals surface area (Å²) in [6.45, 7) is 11.5. The SMILES string of the molecule is COC(=O)C(OC(C)(C)C)c1c(C)nc2c(c1-c1ccc(C)cc1)CNCC2.Cl.Cl. The highest BCUT2D eigenvalue weighted by Gasteiger charge is 2.34. The number of benzene rings is 1. The number of esters is 1. The first-order valence-corrected chi connectivity index (χ1v) is 9.77. The number of nitrogens with one attached hydrogen (secondary N) is 1. The standard InChI is InChI=1S/C23H30N2O3.2ClH/c1-14-7-9-16(10-8-14)20-17-13-24-12-11-18(17)25-15(2)19(20)21(22(26)27-6)28-23(3,4)5;;/h7-10,21,24H,11-13H2,1-6H3;2*1H. The number of fused-ring (bicyclic) bond motifs is 1. The third-order valence-corrected chi connectivity index (χ3v) is 4.94. The summed E-state index contributed by atoms with van der Waals surface area (Å²) in [5.41, 5.74) is 6.63. The van der Waals surface area contributed by atoms with Crippen LogP contribution in [-0.2, 0) is 27.2 Å². The van der Waals surface area contributed by atoms with Crippen LogP contribution in [0.4, 0.5) is 0 Å². The van der Waals surface area contributed by atoms with E-state index in [9.17, 15) is 4.79 Å². The van der Waals surface area contributed by atoms with Crippen LogP contribution in [0.3, 0.4) is 0 Å². The van der Waals surface area contributed by atoms with Gasteiger partial charge in [-0.1, -0.05) is 29.8 Å². The van der Waals surface area contributed by atoms with E-state index in [0.717, 1.165) is 53.2 Å². The van der Waals surface area contributed by atoms with Crippen molar-refractivity contribution in [2.24, 2.45) is 0 Å². The Balaban J connectivity index is 0.00000225. The van der Waals surface area contributed by atoms with Crippen LogP contribution in [0.5, 0.6) is 0 Å². The van der Waals surface area contributed by atoms with Crippen molar-refractivity contribution >= 4 is 30.8 Å². The molecule has 0 bridgehead atoms. The summed E-state index contributed by atoms with van der Waals surface area (Å²) < 4.78 is 11.3. The van der Waals surface area contributed by atoms with Gasteiger partial charge in [0.25, 0.3) is 0 Å². The van der Waals surface area contributed by atoms with Crippen molar-refractivity contribution in [3.63, 3.8) is 0 Å². The van der Waals surface area contributed by atoms with E-state index in [1.54, 1.807) is 0 Å². The fraction of sp³-hybridized carbons (Fsp3) is 0.478. The highest BCUT2D eigenvalue weighted by atomic mass is 35.5. The molecule has 2 aromatic rings. The van der Waals surface area contributed by atoms with E-state index in [0.29, 0.717) is 0 Å². The Morgan fingerprint density at radius 2 is 1.77 bits per heavy atom. The van der Waals surface area contributed by atoms with Gasteiger partial charge in [0.1, 0.15) is 0 Å². The molecule has 7 heteroatoms. The number of hydrogen-bond acceptors (Lipinski definition) is 5. The minimum Gasteiger partial charge on any atom is -0.467 e. The number of hydrogen-bond donors (Lipinski definition) is 1. The molecule has 2 heterocycles. The number of ether oxygens (including phenoxy) is 2. The number of aromatic nitrogens is 1.